The highest BCUT2D eigenvalue weighted by Gasteiger charge is 2.19. The van der Waals surface area contributed by atoms with Crippen molar-refractivity contribution in [1.29, 1.82) is 0 Å². The molecule has 0 fully saturated rings. The van der Waals surface area contributed by atoms with Crippen LogP contribution in [0.3, 0.4) is 0 Å². The van der Waals surface area contributed by atoms with Crippen LogP contribution < -0.4 is 0 Å². The van der Waals surface area contributed by atoms with Crippen LogP contribution in [-0.4, -0.2) is 27.2 Å². The van der Waals surface area contributed by atoms with Gasteiger partial charge in [0.05, 0.1) is 6.10 Å². The molecule has 0 aliphatic heterocycles. The maximum absolute atomic E-state index is 13.1. The van der Waals surface area contributed by atoms with E-state index in [0.717, 1.165) is 11.8 Å². The maximum Gasteiger partial charge on any atom is 0.185 e. The van der Waals surface area contributed by atoms with Crippen LogP contribution in [0.5, 0.6) is 0 Å². The molecule has 0 aliphatic rings. The Morgan fingerprint density at radius 3 is 2.59 bits per heavy atom. The number of hydrogen-bond donors (Lipinski definition) is 2. The van der Waals surface area contributed by atoms with Crippen LogP contribution in [0.25, 0.3) is 0 Å². The Kier molecular flexibility index (Phi) is 5.11. The molecule has 5 heteroatoms. The molecule has 3 nitrogen and oxygen atoms in total. The van der Waals surface area contributed by atoms with Gasteiger partial charge < -0.3 is 10.2 Å². The van der Waals surface area contributed by atoms with E-state index < -0.39 is 18.0 Å². The van der Waals surface area contributed by atoms with Crippen LogP contribution in [0.4, 0.5) is 4.39 Å². The Morgan fingerprint density at radius 2 is 2.06 bits per heavy atom. The van der Waals surface area contributed by atoms with Gasteiger partial charge in [-0.3, -0.25) is 4.79 Å². The van der Waals surface area contributed by atoms with Gasteiger partial charge in [0, 0.05) is 12.7 Å². The van der Waals surface area contributed by atoms with Crippen LogP contribution in [0.15, 0.2) is 18.2 Å². The maximum atomic E-state index is 13.1. The molecular formula is C12H15FO3S. The van der Waals surface area contributed by atoms with Crippen molar-refractivity contribution in [2.75, 3.05) is 5.75 Å². The Hall–Kier alpha value is -0.910. The fourth-order valence-corrected chi connectivity index (χ4v) is 2.04. The average molecular weight is 258 g/mol. The number of aliphatic hydroxyl groups is 2. The predicted molar refractivity (Wildman–Crippen MR) is 65.2 cm³/mol. The third-order valence-electron chi connectivity index (χ3n) is 2.23. The molecule has 0 aliphatic carbocycles. The van der Waals surface area contributed by atoms with Gasteiger partial charge in [0.25, 0.3) is 0 Å². The van der Waals surface area contributed by atoms with Gasteiger partial charge in [-0.25, -0.2) is 4.39 Å². The number of carbonyl (C=O) groups excluding carboxylic acids is 1. The topological polar surface area (TPSA) is 57.5 Å². The molecular weight excluding hydrogens is 243 g/mol. The summed E-state index contributed by atoms with van der Waals surface area (Å²) in [5, 5.41) is 19.3. The van der Waals surface area contributed by atoms with Crippen LogP contribution in [0, 0.1) is 12.7 Å². The Labute approximate surface area is 104 Å². The second kappa shape index (κ2) is 6.14. The first-order valence-electron chi connectivity index (χ1n) is 5.16. The van der Waals surface area contributed by atoms with E-state index in [1.807, 2.05) is 0 Å². The quantitative estimate of drug-likeness (QED) is 0.864. The van der Waals surface area contributed by atoms with Gasteiger partial charge in [-0.05, 0) is 30.2 Å². The Morgan fingerprint density at radius 1 is 1.41 bits per heavy atom. The van der Waals surface area contributed by atoms with Crippen molar-refractivity contribution in [3.05, 3.63) is 35.1 Å². The van der Waals surface area contributed by atoms with Crippen molar-refractivity contribution in [1.82, 2.24) is 0 Å². The minimum atomic E-state index is -1.18. The smallest absolute Gasteiger partial charge is 0.185 e. The molecule has 1 rings (SSSR count). The van der Waals surface area contributed by atoms with E-state index in [4.69, 9.17) is 0 Å². The number of rotatable bonds is 4. The molecule has 0 aromatic heterocycles. The normalized spacial score (nSPS) is 14.4. The number of carbonyl (C=O) groups is 1. The highest BCUT2D eigenvalue weighted by molar-refractivity contribution is 8.13. The standard InChI is InChI=1S/C12H15FO3S/c1-7-3-9(5-10(13)4-7)12(16)11(15)6-17-8(2)14/h3-5,11-12,15-16H,6H2,1-2H3. The molecule has 17 heavy (non-hydrogen) atoms. The molecule has 2 atom stereocenters. The van der Waals surface area contributed by atoms with Crippen molar-refractivity contribution >= 4 is 16.9 Å². The number of thioether (sulfide) groups is 1. The van der Waals surface area contributed by atoms with Crippen LogP contribution >= 0.6 is 11.8 Å². The van der Waals surface area contributed by atoms with E-state index in [1.165, 1.54) is 19.1 Å². The zero-order valence-corrected chi connectivity index (χ0v) is 10.5. The number of benzene rings is 1. The predicted octanol–water partition coefficient (Wildman–Crippen LogP) is 1.81. The van der Waals surface area contributed by atoms with Crippen LogP contribution in [-0.2, 0) is 4.79 Å². The van der Waals surface area contributed by atoms with E-state index >= 15 is 0 Å². The third-order valence-corrected chi connectivity index (χ3v) is 3.14. The third kappa shape index (κ3) is 4.46. The molecule has 0 amide bonds. The highest BCUT2D eigenvalue weighted by atomic mass is 32.2. The van der Waals surface area contributed by atoms with E-state index in [-0.39, 0.29) is 10.9 Å². The summed E-state index contributed by atoms with van der Waals surface area (Å²) in [5.41, 5.74) is 0.990. The molecule has 1 aromatic carbocycles. The molecule has 0 radical (unpaired) electrons. The average Bonchev–Trinajstić information content (AvgIpc) is 2.23. The lowest BCUT2D eigenvalue weighted by atomic mass is 10.0. The molecule has 0 spiro atoms. The lowest BCUT2D eigenvalue weighted by molar-refractivity contribution is -0.109. The Balaban J connectivity index is 2.73. The second-order valence-electron chi connectivity index (χ2n) is 3.88. The van der Waals surface area contributed by atoms with E-state index in [9.17, 15) is 19.4 Å². The first-order valence-corrected chi connectivity index (χ1v) is 6.15. The molecule has 94 valence electrons. The fourth-order valence-electron chi connectivity index (χ4n) is 1.45. The van der Waals surface area contributed by atoms with Gasteiger partial charge in [0.2, 0.25) is 0 Å². The summed E-state index contributed by atoms with van der Waals surface area (Å²) in [7, 11) is 0. The van der Waals surface area contributed by atoms with Crippen molar-refractivity contribution in [3.63, 3.8) is 0 Å². The van der Waals surface area contributed by atoms with Crippen LogP contribution in [0.1, 0.15) is 24.2 Å². The summed E-state index contributed by atoms with van der Waals surface area (Å²) >= 11 is 0.928. The number of halogens is 1. The minimum absolute atomic E-state index is 0.0893. The first kappa shape index (κ1) is 14.2. The SMILES string of the molecule is CC(=O)SCC(O)C(O)c1cc(C)cc(F)c1. The van der Waals surface area contributed by atoms with Gasteiger partial charge >= 0.3 is 0 Å². The zero-order valence-electron chi connectivity index (χ0n) is 9.68. The lowest BCUT2D eigenvalue weighted by Crippen LogP contribution is -2.21. The largest absolute Gasteiger partial charge is 0.389 e. The fraction of sp³-hybridized carbons (Fsp3) is 0.417. The second-order valence-corrected chi connectivity index (χ2v) is 5.07. The van der Waals surface area contributed by atoms with E-state index in [1.54, 1.807) is 13.0 Å². The molecule has 0 heterocycles. The van der Waals surface area contributed by atoms with Gasteiger partial charge in [-0.15, -0.1) is 0 Å². The van der Waals surface area contributed by atoms with Crippen molar-refractivity contribution in [2.24, 2.45) is 0 Å². The molecule has 1 aromatic rings. The van der Waals surface area contributed by atoms with Gasteiger partial charge in [-0.1, -0.05) is 17.8 Å². The minimum Gasteiger partial charge on any atom is -0.389 e. The van der Waals surface area contributed by atoms with E-state index in [0.29, 0.717) is 11.1 Å². The molecule has 0 bridgehead atoms. The van der Waals surface area contributed by atoms with Gasteiger partial charge in [0.1, 0.15) is 11.9 Å². The summed E-state index contributed by atoms with van der Waals surface area (Å²) in [5.74, 6) is -0.364. The van der Waals surface area contributed by atoms with E-state index in [2.05, 4.69) is 0 Å². The summed E-state index contributed by atoms with van der Waals surface area (Å²) in [4.78, 5) is 10.7. The van der Waals surface area contributed by atoms with Crippen LogP contribution in [0.2, 0.25) is 0 Å². The van der Waals surface area contributed by atoms with Crippen molar-refractivity contribution in [2.45, 2.75) is 26.1 Å². The van der Waals surface area contributed by atoms with Crippen molar-refractivity contribution < 1.29 is 19.4 Å². The number of aliphatic hydroxyl groups excluding tert-OH is 2. The lowest BCUT2D eigenvalue weighted by Gasteiger charge is -2.17. The summed E-state index contributed by atoms with van der Waals surface area (Å²) in [6, 6.07) is 4.13. The number of aryl methyl sites for hydroxylation is 1. The monoisotopic (exact) mass is 258 g/mol. The summed E-state index contributed by atoms with van der Waals surface area (Å²) in [6.45, 7) is 3.09. The molecule has 0 saturated carbocycles. The molecule has 2 N–H and O–H groups in total. The summed E-state index contributed by atoms with van der Waals surface area (Å²) in [6.07, 6.45) is -2.28. The Bertz CT molecular complexity index is 388. The molecule has 2 unspecified atom stereocenters. The number of hydrogen-bond acceptors (Lipinski definition) is 4. The van der Waals surface area contributed by atoms with Gasteiger partial charge in [-0.2, -0.15) is 0 Å². The molecule has 0 saturated heterocycles. The summed E-state index contributed by atoms with van der Waals surface area (Å²) < 4.78 is 13.1. The highest BCUT2D eigenvalue weighted by Crippen LogP contribution is 2.22. The first-order chi connectivity index (χ1) is 7.90. The van der Waals surface area contributed by atoms with Gasteiger partial charge in [0.15, 0.2) is 5.12 Å². The van der Waals surface area contributed by atoms with Crippen molar-refractivity contribution in [3.8, 4) is 0 Å². The zero-order chi connectivity index (χ0) is 13.0.